The van der Waals surface area contributed by atoms with Crippen molar-refractivity contribution < 1.29 is 9.53 Å². The van der Waals surface area contributed by atoms with Crippen LogP contribution in [0.4, 0.5) is 0 Å². The molecule has 0 unspecified atom stereocenters. The first kappa shape index (κ1) is 16.4. The third-order valence-electron chi connectivity index (χ3n) is 4.10. The highest BCUT2D eigenvalue weighted by atomic mass is 32.2. The van der Waals surface area contributed by atoms with Crippen LogP contribution >= 0.6 is 23.1 Å². The van der Waals surface area contributed by atoms with Gasteiger partial charge >= 0.3 is 0 Å². The quantitative estimate of drug-likeness (QED) is 0.470. The van der Waals surface area contributed by atoms with Crippen LogP contribution in [0.25, 0.3) is 0 Å². The number of thiophene rings is 1. The van der Waals surface area contributed by atoms with Crippen molar-refractivity contribution in [3.63, 3.8) is 0 Å². The first-order valence-electron chi connectivity index (χ1n) is 8.11. The summed E-state index contributed by atoms with van der Waals surface area (Å²) in [6.07, 6.45) is 3.55. The first-order chi connectivity index (χ1) is 12.3. The average Bonchev–Trinajstić information content (AvgIpc) is 3.38. The number of hydrogen-bond donors (Lipinski definition) is 0. The third-order valence-corrected chi connectivity index (χ3v) is 6.02. The van der Waals surface area contributed by atoms with Crippen molar-refractivity contribution in [3.05, 3.63) is 58.0 Å². The lowest BCUT2D eigenvalue weighted by molar-refractivity contribution is 0.102. The Balaban J connectivity index is 1.36. The maximum absolute atomic E-state index is 12.5. The smallest absolute Gasteiger partial charge is 0.191 e. The molecule has 0 N–H and O–H groups in total. The van der Waals surface area contributed by atoms with E-state index in [9.17, 15) is 4.79 Å². The van der Waals surface area contributed by atoms with E-state index in [4.69, 9.17) is 4.74 Å². The second kappa shape index (κ2) is 7.41. The number of nitrogens with zero attached hydrogens (tertiary/aromatic N) is 3. The van der Waals surface area contributed by atoms with Gasteiger partial charge < -0.3 is 9.30 Å². The SMILES string of the molecule is O=C(CSc1nncn1CCc1cccs1)c1ccc2c(c1)CCO2. The van der Waals surface area contributed by atoms with E-state index in [1.165, 1.54) is 16.6 Å². The highest BCUT2D eigenvalue weighted by Crippen LogP contribution is 2.27. The summed E-state index contributed by atoms with van der Waals surface area (Å²) in [7, 11) is 0. The number of hydrogen-bond acceptors (Lipinski definition) is 6. The van der Waals surface area contributed by atoms with Gasteiger partial charge in [0.05, 0.1) is 12.4 Å². The Morgan fingerprint density at radius 1 is 1.36 bits per heavy atom. The Labute approximate surface area is 154 Å². The summed E-state index contributed by atoms with van der Waals surface area (Å²) < 4.78 is 7.50. The maximum Gasteiger partial charge on any atom is 0.191 e. The normalized spacial score (nSPS) is 12.8. The molecule has 128 valence electrons. The number of Topliss-reactive ketones (excluding diaryl/α,β-unsaturated/α-hetero) is 1. The first-order valence-corrected chi connectivity index (χ1v) is 9.98. The number of benzene rings is 1. The molecule has 7 heteroatoms. The van der Waals surface area contributed by atoms with E-state index in [0.29, 0.717) is 12.4 Å². The number of thioether (sulfide) groups is 1. The summed E-state index contributed by atoms with van der Waals surface area (Å²) in [5, 5.41) is 11.0. The molecule has 0 radical (unpaired) electrons. The number of carbonyl (C=O) groups excluding carboxylic acids is 1. The van der Waals surface area contributed by atoms with Gasteiger partial charge in [-0.3, -0.25) is 4.79 Å². The Kier molecular flexibility index (Phi) is 4.85. The monoisotopic (exact) mass is 371 g/mol. The number of rotatable bonds is 7. The van der Waals surface area contributed by atoms with E-state index in [0.717, 1.165) is 41.4 Å². The molecule has 3 aromatic rings. The van der Waals surface area contributed by atoms with Crippen molar-refractivity contribution in [2.75, 3.05) is 12.4 Å². The fourth-order valence-corrected chi connectivity index (χ4v) is 4.30. The summed E-state index contributed by atoms with van der Waals surface area (Å²) in [6, 6.07) is 9.87. The van der Waals surface area contributed by atoms with Crippen molar-refractivity contribution >= 4 is 28.9 Å². The molecule has 25 heavy (non-hydrogen) atoms. The molecule has 4 rings (SSSR count). The minimum absolute atomic E-state index is 0.104. The molecule has 0 spiro atoms. The summed E-state index contributed by atoms with van der Waals surface area (Å²) in [5.41, 5.74) is 1.86. The van der Waals surface area contributed by atoms with Gasteiger partial charge in [-0.25, -0.2) is 0 Å². The summed E-state index contributed by atoms with van der Waals surface area (Å²) in [5.74, 6) is 1.36. The minimum Gasteiger partial charge on any atom is -0.493 e. The van der Waals surface area contributed by atoms with Gasteiger partial charge in [-0.05, 0) is 41.6 Å². The predicted octanol–water partition coefficient (Wildman–Crippen LogP) is 3.49. The van der Waals surface area contributed by atoms with Crippen LogP contribution in [0.3, 0.4) is 0 Å². The van der Waals surface area contributed by atoms with E-state index in [1.54, 1.807) is 17.7 Å². The summed E-state index contributed by atoms with van der Waals surface area (Å²) in [6.45, 7) is 1.52. The zero-order valence-electron chi connectivity index (χ0n) is 13.6. The average molecular weight is 371 g/mol. The van der Waals surface area contributed by atoms with E-state index < -0.39 is 0 Å². The number of carbonyl (C=O) groups is 1. The lowest BCUT2D eigenvalue weighted by atomic mass is 10.1. The Hall–Kier alpha value is -2.12. The fraction of sp³-hybridized carbons (Fsp3) is 0.278. The second-order valence-corrected chi connectivity index (χ2v) is 7.74. The van der Waals surface area contributed by atoms with Gasteiger partial charge in [0.25, 0.3) is 0 Å². The molecule has 1 aliphatic heterocycles. The van der Waals surface area contributed by atoms with E-state index in [-0.39, 0.29) is 5.78 Å². The molecule has 1 aromatic carbocycles. The standard InChI is InChI=1S/C18H17N3O2S2/c22-16(13-3-4-17-14(10-13)6-8-23-17)11-25-18-20-19-12-21(18)7-5-15-2-1-9-24-15/h1-4,9-10,12H,5-8,11H2. The zero-order chi connectivity index (χ0) is 17.1. The number of ether oxygens (including phenoxy) is 1. The van der Waals surface area contributed by atoms with E-state index in [1.807, 2.05) is 22.8 Å². The molecule has 1 aliphatic rings. The van der Waals surface area contributed by atoms with Gasteiger partial charge in [0.2, 0.25) is 0 Å². The van der Waals surface area contributed by atoms with Crippen LogP contribution in [0.2, 0.25) is 0 Å². The molecule has 2 aromatic heterocycles. The largest absolute Gasteiger partial charge is 0.493 e. The number of aryl methyl sites for hydroxylation is 2. The van der Waals surface area contributed by atoms with Crippen LogP contribution in [-0.4, -0.2) is 32.9 Å². The van der Waals surface area contributed by atoms with Crippen molar-refractivity contribution in [2.45, 2.75) is 24.5 Å². The third kappa shape index (κ3) is 3.77. The molecular weight excluding hydrogens is 354 g/mol. The molecule has 0 amide bonds. The van der Waals surface area contributed by atoms with E-state index in [2.05, 4.69) is 27.7 Å². The molecule has 0 atom stereocenters. The molecule has 3 heterocycles. The van der Waals surface area contributed by atoms with Crippen molar-refractivity contribution in [1.29, 1.82) is 0 Å². The highest BCUT2D eigenvalue weighted by molar-refractivity contribution is 7.99. The highest BCUT2D eigenvalue weighted by Gasteiger charge is 2.16. The molecule has 0 aliphatic carbocycles. The molecular formula is C18H17N3O2S2. The van der Waals surface area contributed by atoms with Gasteiger partial charge in [-0.15, -0.1) is 21.5 Å². The number of ketones is 1. The molecule has 0 saturated carbocycles. The molecule has 0 bridgehead atoms. The second-order valence-electron chi connectivity index (χ2n) is 5.77. The minimum atomic E-state index is 0.104. The van der Waals surface area contributed by atoms with Crippen molar-refractivity contribution in [1.82, 2.24) is 14.8 Å². The van der Waals surface area contributed by atoms with Crippen molar-refractivity contribution in [2.24, 2.45) is 0 Å². The van der Waals surface area contributed by atoms with Crippen molar-refractivity contribution in [3.8, 4) is 5.75 Å². The Morgan fingerprint density at radius 3 is 3.20 bits per heavy atom. The molecule has 0 saturated heterocycles. The van der Waals surface area contributed by atoms with Crippen LogP contribution in [0.1, 0.15) is 20.8 Å². The number of aromatic nitrogens is 3. The summed E-state index contributed by atoms with van der Waals surface area (Å²) >= 11 is 3.19. The lowest BCUT2D eigenvalue weighted by Gasteiger charge is -2.06. The zero-order valence-corrected chi connectivity index (χ0v) is 15.2. The van der Waals surface area contributed by atoms with E-state index >= 15 is 0 Å². The van der Waals surface area contributed by atoms with Gasteiger partial charge in [0.15, 0.2) is 10.9 Å². The van der Waals surface area contributed by atoms with Crippen LogP contribution in [0.5, 0.6) is 5.75 Å². The van der Waals surface area contributed by atoms with Crippen LogP contribution in [0.15, 0.2) is 47.2 Å². The molecule has 0 fully saturated rings. The fourth-order valence-electron chi connectivity index (χ4n) is 2.77. The van der Waals surface area contributed by atoms with Gasteiger partial charge in [0.1, 0.15) is 12.1 Å². The predicted molar refractivity (Wildman–Crippen MR) is 98.7 cm³/mol. The van der Waals surface area contributed by atoms with Crippen LogP contribution in [0, 0.1) is 0 Å². The van der Waals surface area contributed by atoms with Gasteiger partial charge in [-0.1, -0.05) is 17.8 Å². The lowest BCUT2D eigenvalue weighted by Crippen LogP contribution is -2.06. The van der Waals surface area contributed by atoms with Crippen LogP contribution in [-0.2, 0) is 19.4 Å². The summed E-state index contributed by atoms with van der Waals surface area (Å²) in [4.78, 5) is 13.8. The molecule has 5 nitrogen and oxygen atoms in total. The number of fused-ring (bicyclic) bond motifs is 1. The maximum atomic E-state index is 12.5. The topological polar surface area (TPSA) is 57.0 Å². The van der Waals surface area contributed by atoms with Gasteiger partial charge in [0, 0.05) is 23.4 Å². The van der Waals surface area contributed by atoms with Crippen LogP contribution < -0.4 is 4.74 Å². The van der Waals surface area contributed by atoms with Gasteiger partial charge in [-0.2, -0.15) is 0 Å². The Bertz CT molecular complexity index is 874. The Morgan fingerprint density at radius 2 is 2.32 bits per heavy atom.